The van der Waals surface area contributed by atoms with E-state index in [1.54, 1.807) is 0 Å². The summed E-state index contributed by atoms with van der Waals surface area (Å²) in [4.78, 5) is 5.09. The van der Waals surface area contributed by atoms with Crippen molar-refractivity contribution in [2.24, 2.45) is 10.8 Å². The van der Waals surface area contributed by atoms with Crippen molar-refractivity contribution in [2.45, 2.75) is 110 Å². The Balaban J connectivity index is 1.39. The van der Waals surface area contributed by atoms with Gasteiger partial charge >= 0.3 is 0 Å². The number of benzene rings is 7. The average Bonchev–Trinajstić information content (AvgIpc) is 3.18. The quantitative estimate of drug-likeness (QED) is 0.131. The summed E-state index contributed by atoms with van der Waals surface area (Å²) in [5.41, 5.74) is 23.0. The molecule has 0 saturated heterocycles. The third-order valence-electron chi connectivity index (χ3n) is 12.4. The minimum absolute atomic E-state index is 0.00674. The van der Waals surface area contributed by atoms with E-state index in [2.05, 4.69) is 240 Å². The fourth-order valence-electron chi connectivity index (χ4n) is 10.2. The maximum absolute atomic E-state index is 3.88. The molecule has 3 heteroatoms. The van der Waals surface area contributed by atoms with E-state index in [1.807, 2.05) is 0 Å². The summed E-state index contributed by atoms with van der Waals surface area (Å²) in [5, 5.41) is 6.35. The third kappa shape index (κ3) is 10.0. The number of rotatable bonds is 11. The molecular formula is C60H71N3. The Kier molecular flexibility index (Phi) is 12.7. The molecule has 0 radical (unpaired) electrons. The highest BCUT2D eigenvalue weighted by Gasteiger charge is 2.26. The molecule has 0 atom stereocenters. The molecule has 326 valence electrons. The summed E-state index contributed by atoms with van der Waals surface area (Å²) in [6, 6.07) is 46.4. The molecule has 63 heavy (non-hydrogen) atoms. The zero-order valence-corrected chi connectivity index (χ0v) is 40.9. The van der Waals surface area contributed by atoms with Crippen LogP contribution in [0.2, 0.25) is 0 Å². The van der Waals surface area contributed by atoms with Gasteiger partial charge in [0.25, 0.3) is 0 Å². The van der Waals surface area contributed by atoms with Gasteiger partial charge in [-0.05, 0) is 159 Å². The van der Waals surface area contributed by atoms with Gasteiger partial charge in [-0.1, -0.05) is 149 Å². The number of anilines is 6. The number of fused-ring (bicyclic) bond motifs is 1. The van der Waals surface area contributed by atoms with Crippen molar-refractivity contribution in [1.82, 2.24) is 0 Å². The molecule has 0 bridgehead atoms. The maximum Gasteiger partial charge on any atom is 0.0470 e. The molecule has 0 aromatic heterocycles. The van der Waals surface area contributed by atoms with Crippen molar-refractivity contribution in [1.29, 1.82) is 0 Å². The van der Waals surface area contributed by atoms with Crippen LogP contribution in [0.15, 0.2) is 121 Å². The van der Waals surface area contributed by atoms with Crippen LogP contribution >= 0.6 is 0 Å². The molecule has 7 aromatic carbocycles. The van der Waals surface area contributed by atoms with Gasteiger partial charge in [-0.15, -0.1) is 0 Å². The first-order valence-corrected chi connectivity index (χ1v) is 22.9. The lowest BCUT2D eigenvalue weighted by Gasteiger charge is -2.35. The summed E-state index contributed by atoms with van der Waals surface area (Å²) in [7, 11) is 0. The molecule has 0 heterocycles. The fraction of sp³-hybridized carbons (Fsp3) is 0.333. The number of nitrogens with zero attached hydrogens (tertiary/aromatic N) is 2. The number of hydrogen-bond acceptors (Lipinski definition) is 3. The van der Waals surface area contributed by atoms with Gasteiger partial charge in [-0.2, -0.15) is 0 Å². The minimum atomic E-state index is -0.00674. The Bertz CT molecular complexity index is 2570. The lowest BCUT2D eigenvalue weighted by atomic mass is 9.82. The lowest BCUT2D eigenvalue weighted by Crippen LogP contribution is -2.30. The van der Waals surface area contributed by atoms with Crippen molar-refractivity contribution >= 4 is 44.9 Å². The van der Waals surface area contributed by atoms with Crippen LogP contribution in [0.25, 0.3) is 10.8 Å². The summed E-state index contributed by atoms with van der Waals surface area (Å²) < 4.78 is 0. The van der Waals surface area contributed by atoms with E-state index in [1.165, 1.54) is 106 Å². The van der Waals surface area contributed by atoms with Crippen LogP contribution in [-0.4, -0.2) is 13.1 Å². The monoisotopic (exact) mass is 834 g/mol. The van der Waals surface area contributed by atoms with Crippen molar-refractivity contribution in [3.63, 3.8) is 0 Å². The Morgan fingerprint density at radius 1 is 0.429 bits per heavy atom. The molecule has 0 aliphatic rings. The summed E-state index contributed by atoms with van der Waals surface area (Å²) in [6.45, 7) is 35.8. The normalized spacial score (nSPS) is 12.0. The van der Waals surface area contributed by atoms with E-state index in [0.29, 0.717) is 0 Å². The molecule has 1 N–H and O–H groups in total. The predicted octanol–water partition coefficient (Wildman–Crippen LogP) is 16.9. The van der Waals surface area contributed by atoms with E-state index in [9.17, 15) is 0 Å². The summed E-state index contributed by atoms with van der Waals surface area (Å²) >= 11 is 0. The van der Waals surface area contributed by atoms with E-state index in [-0.39, 0.29) is 16.7 Å². The molecule has 0 fully saturated rings. The SMILES string of the molecule is Cc1cc(C)c(Nc2ccc(C(c3ccc(N(CC(C)(C)C)c4c(C)cc(C)cc4C)cc3)c3ccc(N(CC(C)(C)C)c4c(C)cc(C)cc4C)cc3)c3ccccc23)c(C)c1. The number of nitrogens with one attached hydrogen (secondary N) is 1. The second-order valence-electron chi connectivity index (χ2n) is 21.1. The Labute approximate surface area is 380 Å². The molecule has 7 aromatic rings. The number of hydrogen-bond donors (Lipinski definition) is 1. The Morgan fingerprint density at radius 2 is 0.794 bits per heavy atom. The van der Waals surface area contributed by atoms with Gasteiger partial charge < -0.3 is 15.1 Å². The highest BCUT2D eigenvalue weighted by molar-refractivity contribution is 5.98. The molecule has 0 saturated carbocycles. The van der Waals surface area contributed by atoms with Crippen LogP contribution in [0.1, 0.15) is 114 Å². The van der Waals surface area contributed by atoms with Crippen molar-refractivity contribution in [3.05, 3.63) is 188 Å². The predicted molar refractivity (Wildman–Crippen MR) is 276 cm³/mol. The molecule has 0 spiro atoms. The second-order valence-corrected chi connectivity index (χ2v) is 21.1. The second kappa shape index (κ2) is 17.8. The zero-order chi connectivity index (χ0) is 45.5. The fourth-order valence-corrected chi connectivity index (χ4v) is 10.2. The van der Waals surface area contributed by atoms with Crippen LogP contribution in [0.4, 0.5) is 34.1 Å². The number of aryl methyl sites for hydroxylation is 9. The Hall–Kier alpha value is -5.80. The van der Waals surface area contributed by atoms with Gasteiger partial charge in [0.2, 0.25) is 0 Å². The highest BCUT2D eigenvalue weighted by atomic mass is 15.2. The van der Waals surface area contributed by atoms with E-state index >= 15 is 0 Å². The first-order valence-electron chi connectivity index (χ1n) is 22.9. The molecule has 0 unspecified atom stereocenters. The first-order chi connectivity index (χ1) is 29.7. The van der Waals surface area contributed by atoms with Gasteiger partial charge in [0.1, 0.15) is 0 Å². The van der Waals surface area contributed by atoms with E-state index in [0.717, 1.165) is 18.8 Å². The van der Waals surface area contributed by atoms with Crippen LogP contribution in [0.3, 0.4) is 0 Å². The third-order valence-corrected chi connectivity index (χ3v) is 12.4. The maximum atomic E-state index is 3.88. The molecule has 3 nitrogen and oxygen atoms in total. The van der Waals surface area contributed by atoms with Gasteiger partial charge in [-0.25, -0.2) is 0 Å². The van der Waals surface area contributed by atoms with Crippen LogP contribution in [0, 0.1) is 73.1 Å². The molecule has 7 rings (SSSR count). The van der Waals surface area contributed by atoms with Crippen LogP contribution < -0.4 is 15.1 Å². The molecule has 0 aliphatic carbocycles. The van der Waals surface area contributed by atoms with Crippen LogP contribution in [0.5, 0.6) is 0 Å². The van der Waals surface area contributed by atoms with Crippen molar-refractivity contribution in [2.75, 3.05) is 28.2 Å². The topological polar surface area (TPSA) is 18.5 Å². The summed E-state index contributed by atoms with van der Waals surface area (Å²) in [6.07, 6.45) is 0. The first kappa shape index (κ1) is 45.2. The largest absolute Gasteiger partial charge is 0.355 e. The smallest absolute Gasteiger partial charge is 0.0470 e. The lowest BCUT2D eigenvalue weighted by molar-refractivity contribution is 0.424. The molecule has 0 aliphatic heterocycles. The average molecular weight is 834 g/mol. The van der Waals surface area contributed by atoms with E-state index in [4.69, 9.17) is 0 Å². The van der Waals surface area contributed by atoms with Crippen molar-refractivity contribution < 1.29 is 0 Å². The van der Waals surface area contributed by atoms with Crippen LogP contribution in [-0.2, 0) is 0 Å². The highest BCUT2D eigenvalue weighted by Crippen LogP contribution is 2.43. The van der Waals surface area contributed by atoms with Gasteiger partial charge in [0.05, 0.1) is 0 Å². The minimum Gasteiger partial charge on any atom is -0.355 e. The van der Waals surface area contributed by atoms with Gasteiger partial charge in [-0.3, -0.25) is 0 Å². The molecule has 0 amide bonds. The standard InChI is InChI=1S/C60H71N3/c1-38-30-41(4)56(42(5)31-38)61-54-29-28-53(51-18-16-17-19-52(51)54)55(47-20-24-49(25-21-47)62(36-59(10,11)12)57-43(6)32-39(2)33-44(57)7)48-22-26-50(27-23-48)63(37-60(13,14)15)58-45(8)34-40(3)35-46(58)9/h16-35,55,61H,36-37H2,1-15H3. The zero-order valence-electron chi connectivity index (χ0n) is 40.9. The Morgan fingerprint density at radius 3 is 1.17 bits per heavy atom. The van der Waals surface area contributed by atoms with Gasteiger partial charge in [0, 0.05) is 58.5 Å². The van der Waals surface area contributed by atoms with Crippen molar-refractivity contribution in [3.8, 4) is 0 Å². The molecular weight excluding hydrogens is 763 g/mol. The van der Waals surface area contributed by atoms with E-state index < -0.39 is 0 Å². The van der Waals surface area contributed by atoms with Gasteiger partial charge in [0.15, 0.2) is 0 Å². The summed E-state index contributed by atoms with van der Waals surface area (Å²) in [5.74, 6) is -0.00674.